The number of nitrogens with zero attached hydrogens (tertiary/aromatic N) is 3. The summed E-state index contributed by atoms with van der Waals surface area (Å²) < 4.78 is 6.69. The third-order valence-corrected chi connectivity index (χ3v) is 8.91. The first-order chi connectivity index (χ1) is 18.3. The monoisotopic (exact) mass is 541 g/mol. The predicted molar refractivity (Wildman–Crippen MR) is 145 cm³/mol. The molecule has 4 aliphatic rings. The van der Waals surface area contributed by atoms with Crippen molar-refractivity contribution in [2.75, 3.05) is 31.1 Å². The minimum absolute atomic E-state index is 0.0686. The quantitative estimate of drug-likeness (QED) is 0.536. The van der Waals surface area contributed by atoms with E-state index in [-0.39, 0.29) is 36.8 Å². The van der Waals surface area contributed by atoms with E-state index in [1.807, 2.05) is 45.1 Å². The fourth-order valence-electron chi connectivity index (χ4n) is 6.62. The van der Waals surface area contributed by atoms with Crippen molar-refractivity contribution in [1.82, 2.24) is 9.80 Å². The highest BCUT2D eigenvalue weighted by molar-refractivity contribution is 6.30. The number of aliphatic hydroxyl groups excluding tert-OH is 1. The van der Waals surface area contributed by atoms with Crippen LogP contribution in [0.4, 0.5) is 5.69 Å². The Hall–Kier alpha value is -2.68. The van der Waals surface area contributed by atoms with Crippen molar-refractivity contribution in [2.45, 2.75) is 57.4 Å². The van der Waals surface area contributed by atoms with Gasteiger partial charge in [0, 0.05) is 30.3 Å². The highest BCUT2D eigenvalue weighted by Crippen LogP contribution is 2.54. The fourth-order valence-corrected chi connectivity index (χ4v) is 6.75. The zero-order chi connectivity index (χ0) is 27.2. The third kappa shape index (κ3) is 4.08. The van der Waals surface area contributed by atoms with Crippen molar-refractivity contribution in [3.63, 3.8) is 0 Å². The van der Waals surface area contributed by atoms with Crippen molar-refractivity contribution in [1.29, 1.82) is 0 Å². The van der Waals surface area contributed by atoms with Crippen LogP contribution in [0.15, 0.2) is 48.6 Å². The largest absolute Gasteiger partial charge is 0.394 e. The summed E-state index contributed by atoms with van der Waals surface area (Å²) in [5.41, 5.74) is -0.667. The summed E-state index contributed by atoms with van der Waals surface area (Å²) in [5.74, 6) is -2.40. The van der Waals surface area contributed by atoms with Gasteiger partial charge in [0.1, 0.15) is 11.6 Å². The van der Waals surface area contributed by atoms with Crippen LogP contribution in [0.5, 0.6) is 0 Å². The summed E-state index contributed by atoms with van der Waals surface area (Å²) in [5, 5.41) is 11.0. The number of amides is 3. The zero-order valence-corrected chi connectivity index (χ0v) is 22.9. The normalized spacial score (nSPS) is 32.1. The van der Waals surface area contributed by atoms with Crippen molar-refractivity contribution in [2.24, 2.45) is 17.8 Å². The Labute approximate surface area is 228 Å². The maximum absolute atomic E-state index is 14.4. The summed E-state index contributed by atoms with van der Waals surface area (Å²) in [6, 6.07) is 5.39. The lowest BCUT2D eigenvalue weighted by Gasteiger charge is -2.40. The van der Waals surface area contributed by atoms with E-state index >= 15 is 0 Å². The second kappa shape index (κ2) is 10.5. The SMILES string of the molecule is CCCN1CC=C[C@H]2O[C@]34C=CCN(c5ccc(Cl)cc5)C(=O)C3N([C@@H](CO)[C@@H](C)CC)C(=O)[C@@H]4[C@H]2C1=O. The number of ether oxygens (including phenoxy) is 1. The summed E-state index contributed by atoms with van der Waals surface area (Å²) in [4.78, 5) is 47.6. The lowest BCUT2D eigenvalue weighted by molar-refractivity contribution is -0.148. The Morgan fingerprint density at radius 2 is 1.82 bits per heavy atom. The number of hydrogen-bond acceptors (Lipinski definition) is 5. The average molecular weight is 542 g/mol. The summed E-state index contributed by atoms with van der Waals surface area (Å²) in [6.45, 7) is 7.02. The standard InChI is InChI=1S/C29H36ClN3O5/c1-4-14-31-15-6-8-22-23(26(31)35)24-27(36)33(21(17-34)18(3)5-2)25-28(37)32(16-7-13-29(24,25)38-22)20-11-9-19(30)10-12-20/h6-13,18,21-25,34H,4-5,14-17H2,1-3H3/t18-,21-,22+,23-,24-,25?,29-/m0/s1. The van der Waals surface area contributed by atoms with Crippen LogP contribution in [-0.4, -0.2) is 82.7 Å². The van der Waals surface area contributed by atoms with E-state index in [1.54, 1.807) is 39.0 Å². The van der Waals surface area contributed by atoms with Crippen molar-refractivity contribution < 1.29 is 24.2 Å². The van der Waals surface area contributed by atoms with Gasteiger partial charge >= 0.3 is 0 Å². The number of hydrogen-bond donors (Lipinski definition) is 1. The van der Waals surface area contributed by atoms with Gasteiger partial charge in [-0.05, 0) is 36.6 Å². The molecule has 0 radical (unpaired) electrons. The fraction of sp³-hybridized carbons (Fsp3) is 0.552. The van der Waals surface area contributed by atoms with Crippen LogP contribution in [0, 0.1) is 17.8 Å². The molecular weight excluding hydrogens is 506 g/mol. The maximum atomic E-state index is 14.4. The van der Waals surface area contributed by atoms with E-state index in [9.17, 15) is 19.5 Å². The number of halogens is 1. The van der Waals surface area contributed by atoms with E-state index in [0.29, 0.717) is 30.2 Å². The molecule has 7 atom stereocenters. The molecule has 1 N–H and O–H groups in total. The van der Waals surface area contributed by atoms with Crippen LogP contribution in [0.1, 0.15) is 33.6 Å². The summed E-state index contributed by atoms with van der Waals surface area (Å²) in [7, 11) is 0. The van der Waals surface area contributed by atoms with Crippen LogP contribution in [0.2, 0.25) is 5.02 Å². The topological polar surface area (TPSA) is 90.4 Å². The molecule has 0 saturated carbocycles. The molecule has 5 rings (SSSR count). The van der Waals surface area contributed by atoms with Gasteiger partial charge in [-0.15, -0.1) is 0 Å². The van der Waals surface area contributed by atoms with E-state index in [2.05, 4.69) is 0 Å². The van der Waals surface area contributed by atoms with Gasteiger partial charge in [0.25, 0.3) is 5.91 Å². The first-order valence-electron chi connectivity index (χ1n) is 13.6. The van der Waals surface area contributed by atoms with Crippen LogP contribution in [0.3, 0.4) is 0 Å². The first-order valence-corrected chi connectivity index (χ1v) is 14.0. The summed E-state index contributed by atoms with van der Waals surface area (Å²) >= 11 is 6.10. The average Bonchev–Trinajstić information content (AvgIpc) is 3.23. The molecule has 0 aromatic heterocycles. The number of likely N-dealkylation sites (tertiary alicyclic amines) is 1. The lowest BCUT2D eigenvalue weighted by atomic mass is 9.77. The van der Waals surface area contributed by atoms with Gasteiger partial charge in [-0.1, -0.05) is 63.1 Å². The van der Waals surface area contributed by atoms with Gasteiger partial charge in [-0.25, -0.2) is 0 Å². The number of benzene rings is 1. The number of anilines is 1. The van der Waals surface area contributed by atoms with Crippen LogP contribution in [-0.2, 0) is 19.1 Å². The Morgan fingerprint density at radius 3 is 2.47 bits per heavy atom. The molecule has 9 heteroatoms. The van der Waals surface area contributed by atoms with E-state index in [1.165, 1.54) is 0 Å². The number of carbonyl (C=O) groups is 3. The van der Waals surface area contributed by atoms with Crippen molar-refractivity contribution in [3.8, 4) is 0 Å². The molecule has 8 nitrogen and oxygen atoms in total. The molecule has 2 fully saturated rings. The van der Waals surface area contributed by atoms with Gasteiger partial charge in [0.2, 0.25) is 11.8 Å². The maximum Gasteiger partial charge on any atom is 0.253 e. The highest BCUT2D eigenvalue weighted by atomic mass is 35.5. The molecule has 0 aliphatic carbocycles. The minimum atomic E-state index is -1.32. The van der Waals surface area contributed by atoms with Crippen LogP contribution >= 0.6 is 11.6 Å². The number of fused-ring (bicyclic) bond motifs is 2. The second-order valence-electron chi connectivity index (χ2n) is 10.8. The zero-order valence-electron chi connectivity index (χ0n) is 22.1. The molecule has 38 heavy (non-hydrogen) atoms. The first kappa shape index (κ1) is 26.9. The second-order valence-corrected chi connectivity index (χ2v) is 11.2. The molecule has 204 valence electrons. The molecule has 1 unspecified atom stereocenters. The number of carbonyl (C=O) groups excluding carboxylic acids is 3. The molecule has 2 saturated heterocycles. The Balaban J connectivity index is 1.64. The van der Waals surface area contributed by atoms with Gasteiger partial charge in [-0.2, -0.15) is 0 Å². The third-order valence-electron chi connectivity index (χ3n) is 8.66. The molecule has 1 aromatic carbocycles. The van der Waals surface area contributed by atoms with Crippen LogP contribution < -0.4 is 4.90 Å². The molecule has 4 heterocycles. The van der Waals surface area contributed by atoms with Gasteiger partial charge in [0.15, 0.2) is 0 Å². The van der Waals surface area contributed by atoms with Gasteiger partial charge in [0.05, 0.1) is 30.6 Å². The van der Waals surface area contributed by atoms with Crippen molar-refractivity contribution >= 4 is 35.0 Å². The van der Waals surface area contributed by atoms with E-state index < -0.39 is 35.6 Å². The molecule has 1 spiro atoms. The van der Waals surface area contributed by atoms with E-state index in [0.717, 1.165) is 6.42 Å². The van der Waals surface area contributed by atoms with Gasteiger partial charge in [-0.3, -0.25) is 14.4 Å². The predicted octanol–water partition coefficient (Wildman–Crippen LogP) is 3.04. The van der Waals surface area contributed by atoms with Gasteiger partial charge < -0.3 is 24.5 Å². The number of aliphatic hydroxyl groups is 1. The highest BCUT2D eigenvalue weighted by Gasteiger charge is 2.72. The molecule has 0 bridgehead atoms. The lowest BCUT2D eigenvalue weighted by Crippen LogP contribution is -2.59. The minimum Gasteiger partial charge on any atom is -0.394 e. The Morgan fingerprint density at radius 1 is 1.08 bits per heavy atom. The Bertz CT molecular complexity index is 1150. The Kier molecular flexibility index (Phi) is 7.42. The van der Waals surface area contributed by atoms with Crippen molar-refractivity contribution in [3.05, 3.63) is 53.6 Å². The van der Waals surface area contributed by atoms with E-state index in [4.69, 9.17) is 16.3 Å². The molecule has 1 aromatic rings. The molecular formula is C29H36ClN3O5. The smallest absolute Gasteiger partial charge is 0.253 e. The number of rotatable bonds is 7. The van der Waals surface area contributed by atoms with Crippen LogP contribution in [0.25, 0.3) is 0 Å². The molecule has 3 amide bonds. The molecule has 4 aliphatic heterocycles. The summed E-state index contributed by atoms with van der Waals surface area (Å²) in [6.07, 6.45) is 8.38.